The summed E-state index contributed by atoms with van der Waals surface area (Å²) in [4.78, 5) is 5.38. The van der Waals surface area contributed by atoms with Crippen LogP contribution in [0.25, 0.3) is 0 Å². The highest BCUT2D eigenvalue weighted by atomic mass is 16.5. The van der Waals surface area contributed by atoms with E-state index in [1.165, 1.54) is 39.0 Å². The van der Waals surface area contributed by atoms with Crippen molar-refractivity contribution in [2.75, 3.05) is 39.8 Å². The van der Waals surface area contributed by atoms with Gasteiger partial charge >= 0.3 is 0 Å². The minimum Gasteiger partial charge on any atom is -0.368 e. The molecule has 0 bridgehead atoms. The summed E-state index contributed by atoms with van der Waals surface area (Å²) in [6.07, 6.45) is 2.78. The zero-order valence-electron chi connectivity index (χ0n) is 14.5. The summed E-state index contributed by atoms with van der Waals surface area (Å²) >= 11 is 0. The van der Waals surface area contributed by atoms with Gasteiger partial charge in [-0.15, -0.1) is 0 Å². The predicted molar refractivity (Wildman–Crippen MR) is 86.6 cm³/mol. The third-order valence-electron chi connectivity index (χ3n) is 6.01. The largest absolute Gasteiger partial charge is 0.368 e. The Kier molecular flexibility index (Phi) is 4.11. The molecule has 0 spiro atoms. The van der Waals surface area contributed by atoms with Gasteiger partial charge in [-0.05, 0) is 54.1 Å². The lowest BCUT2D eigenvalue weighted by molar-refractivity contribution is -0.0803. The van der Waals surface area contributed by atoms with E-state index in [2.05, 4.69) is 49.9 Å². The Labute approximate surface area is 130 Å². The minimum absolute atomic E-state index is 0.0516. The van der Waals surface area contributed by atoms with Crippen molar-refractivity contribution in [2.45, 2.75) is 63.8 Å². The van der Waals surface area contributed by atoms with E-state index < -0.39 is 0 Å². The molecule has 1 N–H and O–H groups in total. The molecule has 3 saturated heterocycles. The molecule has 3 atom stereocenters. The van der Waals surface area contributed by atoms with Crippen molar-refractivity contribution in [1.29, 1.82) is 0 Å². The number of fused-ring (bicyclic) bond motifs is 1. The van der Waals surface area contributed by atoms with Crippen molar-refractivity contribution < 1.29 is 4.74 Å². The van der Waals surface area contributed by atoms with Crippen LogP contribution in [0.4, 0.5) is 0 Å². The Hall–Kier alpha value is -0.160. The molecule has 0 aromatic heterocycles. The lowest BCUT2D eigenvalue weighted by Gasteiger charge is -2.41. The van der Waals surface area contributed by atoms with Crippen LogP contribution in [0.2, 0.25) is 0 Å². The lowest BCUT2D eigenvalue weighted by Crippen LogP contribution is -2.55. The third-order valence-corrected chi connectivity index (χ3v) is 6.01. The van der Waals surface area contributed by atoms with E-state index in [4.69, 9.17) is 4.74 Å². The summed E-state index contributed by atoms with van der Waals surface area (Å²) in [5.74, 6) is 0.547. The lowest BCUT2D eigenvalue weighted by atomic mass is 9.82. The Bertz CT molecular complexity index is 382. The number of piperazine rings is 1. The highest BCUT2D eigenvalue weighted by Crippen LogP contribution is 2.42. The van der Waals surface area contributed by atoms with Crippen molar-refractivity contribution in [3.63, 3.8) is 0 Å². The number of hydrogen-bond acceptors (Lipinski definition) is 4. The fraction of sp³-hybridized carbons (Fsp3) is 1.00. The van der Waals surface area contributed by atoms with Crippen LogP contribution in [-0.4, -0.2) is 72.9 Å². The first-order valence-electron chi connectivity index (χ1n) is 8.67. The smallest absolute Gasteiger partial charge is 0.0790 e. The van der Waals surface area contributed by atoms with E-state index in [-0.39, 0.29) is 11.2 Å². The van der Waals surface area contributed by atoms with Crippen LogP contribution in [0, 0.1) is 5.92 Å². The average Bonchev–Trinajstić information content (AvgIpc) is 2.89. The van der Waals surface area contributed by atoms with Crippen molar-refractivity contribution >= 4 is 0 Å². The van der Waals surface area contributed by atoms with Crippen LogP contribution in [-0.2, 0) is 4.74 Å². The zero-order chi connectivity index (χ0) is 15.3. The molecule has 0 aromatic carbocycles. The first-order valence-corrected chi connectivity index (χ1v) is 8.67. The van der Waals surface area contributed by atoms with Gasteiger partial charge in [0.15, 0.2) is 0 Å². The van der Waals surface area contributed by atoms with Gasteiger partial charge in [-0.25, -0.2) is 0 Å². The van der Waals surface area contributed by atoms with E-state index in [0.29, 0.717) is 12.0 Å². The summed E-state index contributed by atoms with van der Waals surface area (Å²) in [7, 11) is 2.08. The fourth-order valence-electron chi connectivity index (χ4n) is 5.08. The summed E-state index contributed by atoms with van der Waals surface area (Å²) in [5.41, 5.74) is -0.137. The number of rotatable bonds is 3. The number of hydrogen-bond donors (Lipinski definition) is 1. The van der Waals surface area contributed by atoms with Crippen LogP contribution in [0.5, 0.6) is 0 Å². The number of ether oxygens (including phenoxy) is 1. The van der Waals surface area contributed by atoms with Crippen LogP contribution < -0.4 is 5.32 Å². The molecule has 0 amide bonds. The molecule has 0 aromatic rings. The molecular weight excluding hydrogens is 262 g/mol. The molecule has 3 heterocycles. The molecule has 3 aliphatic rings. The van der Waals surface area contributed by atoms with Crippen molar-refractivity contribution in [3.8, 4) is 0 Å². The Balaban J connectivity index is 1.68. The van der Waals surface area contributed by atoms with Crippen LogP contribution in [0.3, 0.4) is 0 Å². The minimum atomic E-state index is -0.0852. The van der Waals surface area contributed by atoms with Crippen LogP contribution >= 0.6 is 0 Å². The highest BCUT2D eigenvalue weighted by Gasteiger charge is 2.53. The molecule has 3 rings (SSSR count). The first kappa shape index (κ1) is 15.7. The Morgan fingerprint density at radius 1 is 1.10 bits per heavy atom. The molecular formula is C17H33N3O. The van der Waals surface area contributed by atoms with Crippen LogP contribution in [0.15, 0.2) is 0 Å². The topological polar surface area (TPSA) is 27.7 Å². The van der Waals surface area contributed by atoms with Gasteiger partial charge in [0.2, 0.25) is 0 Å². The molecule has 3 fully saturated rings. The van der Waals surface area contributed by atoms with Gasteiger partial charge in [-0.1, -0.05) is 0 Å². The monoisotopic (exact) mass is 295 g/mol. The molecule has 21 heavy (non-hydrogen) atoms. The molecule has 3 aliphatic heterocycles. The number of nitrogens with zero attached hydrogens (tertiary/aromatic N) is 2. The molecule has 0 saturated carbocycles. The predicted octanol–water partition coefficient (Wildman–Crippen LogP) is 1.56. The highest BCUT2D eigenvalue weighted by molar-refractivity contribution is 5.06. The maximum atomic E-state index is 6.38. The maximum absolute atomic E-state index is 6.38. The number of likely N-dealkylation sites (N-methyl/N-ethyl adjacent to an activating group) is 1. The van der Waals surface area contributed by atoms with Crippen molar-refractivity contribution in [3.05, 3.63) is 0 Å². The molecule has 0 radical (unpaired) electrons. The van der Waals surface area contributed by atoms with Crippen molar-refractivity contribution in [1.82, 2.24) is 15.1 Å². The summed E-state index contributed by atoms with van der Waals surface area (Å²) in [6, 6.07) is 1.24. The van der Waals surface area contributed by atoms with Gasteiger partial charge in [-0.2, -0.15) is 0 Å². The van der Waals surface area contributed by atoms with Crippen molar-refractivity contribution in [2.24, 2.45) is 5.92 Å². The number of nitrogens with one attached hydrogen (secondary N) is 1. The second-order valence-corrected chi connectivity index (χ2v) is 8.27. The van der Waals surface area contributed by atoms with E-state index in [1.54, 1.807) is 0 Å². The molecule has 4 nitrogen and oxygen atoms in total. The molecule has 4 heteroatoms. The van der Waals surface area contributed by atoms with E-state index in [1.807, 2.05) is 0 Å². The standard InChI is InChI=1S/C17H33N3O/c1-16(2)14(15(18-5)17(3,4)21-16)12-19-9-10-20-8-6-7-13(20)11-19/h13-15,18H,6-12H2,1-5H3. The molecule has 0 aliphatic carbocycles. The summed E-state index contributed by atoms with van der Waals surface area (Å²) in [5, 5.41) is 3.53. The normalized spacial score (nSPS) is 39.6. The summed E-state index contributed by atoms with van der Waals surface area (Å²) < 4.78 is 6.38. The molecule has 3 unspecified atom stereocenters. The van der Waals surface area contributed by atoms with E-state index >= 15 is 0 Å². The van der Waals surface area contributed by atoms with E-state index in [9.17, 15) is 0 Å². The van der Waals surface area contributed by atoms with E-state index in [0.717, 1.165) is 12.6 Å². The zero-order valence-corrected chi connectivity index (χ0v) is 14.5. The Morgan fingerprint density at radius 3 is 2.57 bits per heavy atom. The maximum Gasteiger partial charge on any atom is 0.0790 e. The first-order chi connectivity index (χ1) is 9.83. The van der Waals surface area contributed by atoms with Crippen LogP contribution in [0.1, 0.15) is 40.5 Å². The van der Waals surface area contributed by atoms with Gasteiger partial charge in [0.05, 0.1) is 11.2 Å². The van der Waals surface area contributed by atoms with Gasteiger partial charge < -0.3 is 15.0 Å². The fourth-order valence-corrected chi connectivity index (χ4v) is 5.08. The third kappa shape index (κ3) is 2.88. The van der Waals surface area contributed by atoms with Gasteiger partial charge in [-0.3, -0.25) is 4.90 Å². The Morgan fingerprint density at radius 2 is 1.86 bits per heavy atom. The van der Waals surface area contributed by atoms with Gasteiger partial charge in [0.1, 0.15) is 0 Å². The molecule has 122 valence electrons. The van der Waals surface area contributed by atoms with Gasteiger partial charge in [0.25, 0.3) is 0 Å². The summed E-state index contributed by atoms with van der Waals surface area (Å²) in [6.45, 7) is 15.2. The second-order valence-electron chi connectivity index (χ2n) is 8.27. The van der Waals surface area contributed by atoms with Gasteiger partial charge in [0, 0.05) is 44.2 Å². The quantitative estimate of drug-likeness (QED) is 0.855. The second kappa shape index (κ2) is 5.48. The SMILES string of the molecule is CNC1C(CN2CCN3CCCC3C2)C(C)(C)OC1(C)C. The average molecular weight is 295 g/mol.